The maximum absolute atomic E-state index is 12.7. The standard InChI is InChI=1S/C11H21NO.2C11H21N.4C10H19NO.C9H15F2N.3C9H17NO.C8H15NO.5CH4/c1-10(2,3)12-7-8-13-11(9-12)5-4-6-11;1-9-7-12(10(2,3)4)8-11(9)5-6-11;1-11(2,3)12-9-5-4-6-10(12)8-7-9;1-10(2,3)11-8-4-5-9(11)7-12-6-8;1-9(2,3)11-6-7-12-8-10(11)4-5-10;1-9(2,3)11-6-7-12-10(8-11)4-5-10;1-7(2)11-8(3)10-5-4-9(11)6-12-10;1-7(2)12-4-3-8(12)5-9(10,11)6-8;1-9(2,3)10-4-5-11-8-6-7(8)10;1-7(2)10-5-9-4-3-8(10)6-11-9;1-7(2)10-5-8-3-4-9(6-10)11-8;1-6(2)9-4-8-3-7(9)5-10-8;;;;;/h4-9H2,1-3H3;9H,5-8H2,1-4H3;9-10H,4-8H2,1-3H3;8-9H,4-7H2,1-3H3;2*4-8H2,1-3H3;7-10H,4-6H2,1-3H3;7H,3-6H2,1-2H3;7-8H,4-6H2,1-3H3;2*7-9H,3-6H2,1-2H3;6-8H,3-5H2,1-2H3;5*1H4. The molecule has 0 amide bonds. The Hall–Kier alpha value is -0.980. The normalized spacial score (nSPS) is 34.1. The van der Waals surface area contributed by atoms with E-state index >= 15 is 0 Å². The van der Waals surface area contributed by atoms with E-state index in [9.17, 15) is 8.78 Å². The van der Waals surface area contributed by atoms with Gasteiger partial charge in [0, 0.05) is 232 Å². The number of hydrogen-bond donors (Lipinski definition) is 0. The van der Waals surface area contributed by atoms with Crippen molar-refractivity contribution in [2.75, 3.05) is 151 Å². The van der Waals surface area contributed by atoms with Crippen molar-refractivity contribution in [3.8, 4) is 0 Å². The number of nitrogens with zero attached hydrogens (tertiary/aromatic N) is 12. The molecule has 20 heterocycles. The van der Waals surface area contributed by atoms with Crippen LogP contribution in [0.5, 0.6) is 0 Å². The summed E-state index contributed by atoms with van der Waals surface area (Å²) in [5.74, 6) is -1.43. The fraction of sp³-hybridized carbons (Fsp3) is 1.00. The van der Waals surface area contributed by atoms with Gasteiger partial charge in [0.15, 0.2) is 0 Å². The topological polar surface area (TPSA) is 122 Å². The van der Waals surface area contributed by atoms with Gasteiger partial charge >= 0.3 is 0 Å². The molecule has 0 aromatic heterocycles. The van der Waals surface area contributed by atoms with E-state index in [1.165, 1.54) is 180 Å². The van der Waals surface area contributed by atoms with Gasteiger partial charge in [-0.05, 0) is 387 Å². The molecular formula is C122H240F2N12O9. The van der Waals surface area contributed by atoms with Crippen molar-refractivity contribution in [1.82, 2.24) is 58.8 Å². The Morgan fingerprint density at radius 2 is 0.828 bits per heavy atom. The number of fused-ring (bicyclic) bond motifs is 15. The molecule has 6 saturated carbocycles. The van der Waals surface area contributed by atoms with Gasteiger partial charge in [-0.2, -0.15) is 0 Å². The second-order valence-electron chi connectivity index (χ2n) is 57.0. The van der Waals surface area contributed by atoms with Crippen LogP contribution >= 0.6 is 0 Å². The van der Waals surface area contributed by atoms with Crippen molar-refractivity contribution >= 4 is 0 Å². The number of ether oxygens (including phenoxy) is 9. The third kappa shape index (κ3) is 34.0. The van der Waals surface area contributed by atoms with Crippen LogP contribution in [0.2, 0.25) is 0 Å². The number of rotatable bonds is 5. The van der Waals surface area contributed by atoms with Crippen molar-refractivity contribution in [2.24, 2.45) is 11.3 Å². The van der Waals surface area contributed by atoms with Crippen LogP contribution in [-0.2, 0) is 42.6 Å². The van der Waals surface area contributed by atoms with Crippen LogP contribution in [-0.4, -0.2) is 398 Å². The van der Waals surface area contributed by atoms with Crippen LogP contribution in [0.25, 0.3) is 0 Å². The van der Waals surface area contributed by atoms with Gasteiger partial charge in [0.25, 0.3) is 5.92 Å². The van der Waals surface area contributed by atoms with Gasteiger partial charge in [-0.25, -0.2) is 8.78 Å². The first kappa shape index (κ1) is 129. The lowest BCUT2D eigenvalue weighted by atomic mass is 9.64. The lowest BCUT2D eigenvalue weighted by molar-refractivity contribution is -0.222. The van der Waals surface area contributed by atoms with Crippen LogP contribution in [0.1, 0.15) is 439 Å². The van der Waals surface area contributed by atoms with E-state index in [1.807, 2.05) is 0 Å². The zero-order valence-electron chi connectivity index (χ0n) is 96.8. The Labute approximate surface area is 894 Å². The molecule has 6 aliphatic carbocycles. The summed E-state index contributed by atoms with van der Waals surface area (Å²) < 4.78 is 76.2. The van der Waals surface area contributed by atoms with Crippen molar-refractivity contribution in [3.63, 3.8) is 0 Å². The second kappa shape index (κ2) is 52.2. The van der Waals surface area contributed by atoms with Gasteiger partial charge in [-0.3, -0.25) is 58.8 Å². The van der Waals surface area contributed by atoms with Gasteiger partial charge in [-0.1, -0.05) is 50.5 Å². The van der Waals surface area contributed by atoms with Crippen molar-refractivity contribution in [3.05, 3.63) is 0 Å². The minimum absolute atomic E-state index is 0. The zero-order valence-corrected chi connectivity index (χ0v) is 96.8. The largest absolute Gasteiger partial charge is 0.378 e. The summed E-state index contributed by atoms with van der Waals surface area (Å²) in [5, 5.41) is 0. The summed E-state index contributed by atoms with van der Waals surface area (Å²) >= 11 is 0. The minimum atomic E-state index is -2.37. The van der Waals surface area contributed by atoms with E-state index in [-0.39, 0.29) is 66.7 Å². The predicted octanol–water partition coefficient (Wildman–Crippen LogP) is 24.0. The molecule has 0 aromatic rings. The molecule has 20 saturated heterocycles. The first-order chi connectivity index (χ1) is 65.2. The van der Waals surface area contributed by atoms with E-state index in [4.69, 9.17) is 42.6 Å². The van der Waals surface area contributed by atoms with Crippen molar-refractivity contribution in [1.29, 1.82) is 0 Å². The van der Waals surface area contributed by atoms with E-state index in [0.29, 0.717) is 135 Å². The third-order valence-electron chi connectivity index (χ3n) is 37.3. The highest BCUT2D eigenvalue weighted by molar-refractivity contribution is 5.15. The summed E-state index contributed by atoms with van der Waals surface area (Å²) in [6.45, 7) is 100. The van der Waals surface area contributed by atoms with Crippen molar-refractivity contribution in [2.45, 2.75) is 627 Å². The Kier molecular flexibility index (Phi) is 46.5. The lowest BCUT2D eigenvalue weighted by Crippen LogP contribution is -2.71. The molecule has 26 aliphatic rings. The van der Waals surface area contributed by atoms with Crippen LogP contribution in [0, 0.1) is 11.3 Å². The molecule has 0 N–H and O–H groups in total. The summed E-state index contributed by atoms with van der Waals surface area (Å²) in [4.78, 5) is 30.9. The number of hydrogen-bond acceptors (Lipinski definition) is 21. The number of piperidine rings is 3. The molecule has 20 aliphatic heterocycles. The number of likely N-dealkylation sites (tertiary alicyclic amines) is 4. The summed E-state index contributed by atoms with van der Waals surface area (Å²) in [7, 11) is 0. The van der Waals surface area contributed by atoms with Gasteiger partial charge in [0.2, 0.25) is 0 Å². The minimum Gasteiger partial charge on any atom is -0.378 e. The molecule has 26 fully saturated rings. The van der Waals surface area contributed by atoms with Crippen LogP contribution in [0.15, 0.2) is 0 Å². The highest BCUT2D eigenvalue weighted by atomic mass is 19.3. The fourth-order valence-electron chi connectivity index (χ4n) is 28.6. The molecule has 26 rings (SSSR count). The molecule has 856 valence electrons. The smallest absolute Gasteiger partial charge is 0.251 e. The molecular weight excluding hydrogens is 1820 g/mol. The van der Waals surface area contributed by atoms with Crippen molar-refractivity contribution < 1.29 is 51.4 Å². The highest BCUT2D eigenvalue weighted by Gasteiger charge is 2.64. The molecule has 12 bridgehead atoms. The molecule has 5 spiro atoms. The molecule has 16 unspecified atom stereocenters. The van der Waals surface area contributed by atoms with Gasteiger partial charge < -0.3 is 42.6 Å². The first-order valence-corrected chi connectivity index (χ1v) is 58.3. The maximum atomic E-state index is 12.7. The average molecular weight is 2060 g/mol. The quantitative estimate of drug-likeness (QED) is 0.259. The van der Waals surface area contributed by atoms with E-state index in [2.05, 4.69) is 287 Å². The second-order valence-corrected chi connectivity index (χ2v) is 57.0. The van der Waals surface area contributed by atoms with Gasteiger partial charge in [0.1, 0.15) is 0 Å². The Bertz CT molecular complexity index is 3590. The van der Waals surface area contributed by atoms with E-state index in [0.717, 1.165) is 173 Å². The molecule has 0 aromatic carbocycles. The molecule has 145 heavy (non-hydrogen) atoms. The predicted molar refractivity (Wildman–Crippen MR) is 606 cm³/mol. The lowest BCUT2D eigenvalue weighted by Gasteiger charge is -2.62. The van der Waals surface area contributed by atoms with Crippen LogP contribution in [0.4, 0.5) is 8.78 Å². The molecule has 23 heteroatoms. The van der Waals surface area contributed by atoms with E-state index < -0.39 is 5.92 Å². The first-order valence-electron chi connectivity index (χ1n) is 58.3. The summed E-state index contributed by atoms with van der Waals surface area (Å²) in [5.41, 5.74) is 4.05. The Balaban J connectivity index is 0.000000193. The summed E-state index contributed by atoms with van der Waals surface area (Å²) in [6, 6.07) is 9.98. The SMILES string of the molecule is C.C.C.C.C.CC(C)(C)N1C2CCC1COC2.CC(C)(C)N1C2CCCC1CC2.CC(C)(C)N1CCOC2(CC2)C1.CC(C)(C)N1CCOC2(CCC2)C1.CC(C)(C)N1CCOC2CC21.CC(C)(C)N1CCOCC12CC2.CC(C)N1C2CCC(OC2)C1C.CC(C)N1CC2CC1CO2.CC(C)N1CC2CCC(C1)O2.CC(C)N1CC2CCC1CO2.CC(C)N1CCC12CC(F)(F)C2.CC1CN(C(C)(C)C)CC12CC2. The number of morpholine rings is 9. The molecule has 0 radical (unpaired) electrons. The molecule has 16 atom stereocenters. The number of alkyl halides is 2. The van der Waals surface area contributed by atoms with E-state index in [1.54, 1.807) is 0 Å². The van der Waals surface area contributed by atoms with Crippen LogP contribution in [0.3, 0.4) is 0 Å². The number of halogens is 2. The Morgan fingerprint density at radius 1 is 0.338 bits per heavy atom. The molecule has 21 nitrogen and oxygen atoms in total. The van der Waals surface area contributed by atoms with Crippen LogP contribution < -0.4 is 0 Å². The fourth-order valence-corrected chi connectivity index (χ4v) is 28.6. The highest BCUT2D eigenvalue weighted by Crippen LogP contribution is 2.58. The third-order valence-corrected chi connectivity index (χ3v) is 37.3. The zero-order chi connectivity index (χ0) is 102. The van der Waals surface area contributed by atoms with Gasteiger partial charge in [-0.15, -0.1) is 0 Å². The average Bonchev–Trinajstić information content (AvgIpc) is 1.70. The Morgan fingerprint density at radius 3 is 1.15 bits per heavy atom. The van der Waals surface area contributed by atoms with Gasteiger partial charge in [0.05, 0.1) is 114 Å². The summed E-state index contributed by atoms with van der Waals surface area (Å²) in [6.07, 6.45) is 36.9. The maximum Gasteiger partial charge on any atom is 0.251 e. The monoisotopic (exact) mass is 2060 g/mol.